The van der Waals surface area contributed by atoms with E-state index in [2.05, 4.69) is 5.32 Å². The van der Waals surface area contributed by atoms with Crippen LogP contribution in [-0.2, 0) is 4.79 Å². The lowest BCUT2D eigenvalue weighted by Crippen LogP contribution is -2.60. The molecule has 1 saturated heterocycles. The molecule has 1 aromatic rings. The average Bonchev–Trinajstić information content (AvgIpc) is 2.41. The van der Waals surface area contributed by atoms with Gasteiger partial charge in [0.1, 0.15) is 11.8 Å². The fourth-order valence-electron chi connectivity index (χ4n) is 2.27. The van der Waals surface area contributed by atoms with Gasteiger partial charge in [-0.05, 0) is 38.1 Å². The predicted molar refractivity (Wildman–Crippen MR) is 73.4 cm³/mol. The van der Waals surface area contributed by atoms with Crippen LogP contribution in [0.4, 0.5) is 5.69 Å². The molecular formula is C14H20N2O3. The predicted octanol–water partition coefficient (Wildman–Crippen LogP) is 0.771. The first-order valence-electron chi connectivity index (χ1n) is 6.57. The molecule has 2 N–H and O–H groups in total. The van der Waals surface area contributed by atoms with E-state index in [0.29, 0.717) is 13.2 Å². The molecule has 1 aliphatic rings. The Morgan fingerprint density at radius 1 is 1.42 bits per heavy atom. The maximum atomic E-state index is 12.3. The molecule has 0 saturated carbocycles. The first kappa shape index (κ1) is 13.8. The zero-order valence-corrected chi connectivity index (χ0v) is 11.3. The minimum atomic E-state index is -0.511. The van der Waals surface area contributed by atoms with Gasteiger partial charge in [-0.25, -0.2) is 0 Å². The summed E-state index contributed by atoms with van der Waals surface area (Å²) in [6.07, 6.45) is 0. The number of nitrogens with one attached hydrogen (secondary N) is 1. The zero-order chi connectivity index (χ0) is 13.8. The summed E-state index contributed by atoms with van der Waals surface area (Å²) in [5.41, 5.74) is 0.834. The lowest BCUT2D eigenvalue weighted by molar-refractivity contribution is -0.123. The van der Waals surface area contributed by atoms with E-state index in [1.165, 1.54) is 0 Å². The van der Waals surface area contributed by atoms with Crippen molar-refractivity contribution in [1.29, 1.82) is 0 Å². The Bertz CT molecular complexity index is 433. The van der Waals surface area contributed by atoms with Crippen molar-refractivity contribution in [2.45, 2.75) is 25.9 Å². The largest absolute Gasteiger partial charge is 0.494 e. The molecule has 5 nitrogen and oxygen atoms in total. The monoisotopic (exact) mass is 264 g/mol. The van der Waals surface area contributed by atoms with E-state index in [1.807, 2.05) is 38.1 Å². The van der Waals surface area contributed by atoms with E-state index in [4.69, 9.17) is 4.74 Å². The number of aliphatic hydroxyl groups excluding tert-OH is 1. The zero-order valence-electron chi connectivity index (χ0n) is 11.3. The Morgan fingerprint density at radius 2 is 2.11 bits per heavy atom. The third-order valence-corrected chi connectivity index (χ3v) is 3.24. The van der Waals surface area contributed by atoms with Crippen molar-refractivity contribution in [3.8, 4) is 5.75 Å². The highest BCUT2D eigenvalue weighted by atomic mass is 16.5. The van der Waals surface area contributed by atoms with Gasteiger partial charge in [0.2, 0.25) is 5.91 Å². The Kier molecular flexibility index (Phi) is 4.39. The lowest BCUT2D eigenvalue weighted by atomic mass is 10.1. The molecule has 19 heavy (non-hydrogen) atoms. The highest BCUT2D eigenvalue weighted by molar-refractivity contribution is 5.98. The van der Waals surface area contributed by atoms with Gasteiger partial charge >= 0.3 is 0 Å². The van der Waals surface area contributed by atoms with Gasteiger partial charge in [-0.2, -0.15) is 0 Å². The van der Waals surface area contributed by atoms with Crippen molar-refractivity contribution in [3.63, 3.8) is 0 Å². The lowest BCUT2D eigenvalue weighted by Gasteiger charge is -2.37. The Hall–Kier alpha value is -1.59. The van der Waals surface area contributed by atoms with Crippen LogP contribution in [0.5, 0.6) is 5.75 Å². The number of carbonyl (C=O) groups is 1. The number of rotatable bonds is 4. The van der Waals surface area contributed by atoms with Crippen LogP contribution in [0.1, 0.15) is 13.8 Å². The van der Waals surface area contributed by atoms with Crippen molar-refractivity contribution < 1.29 is 14.6 Å². The molecule has 1 heterocycles. The van der Waals surface area contributed by atoms with Crippen LogP contribution >= 0.6 is 0 Å². The molecule has 2 rings (SSSR count). The van der Waals surface area contributed by atoms with E-state index < -0.39 is 6.04 Å². The second-order valence-electron chi connectivity index (χ2n) is 4.63. The van der Waals surface area contributed by atoms with E-state index in [1.54, 1.807) is 4.90 Å². The van der Waals surface area contributed by atoms with E-state index in [9.17, 15) is 9.90 Å². The summed E-state index contributed by atoms with van der Waals surface area (Å²) in [6, 6.07) is 7.01. The van der Waals surface area contributed by atoms with Gasteiger partial charge < -0.3 is 20.1 Å². The number of hydrogen-bond acceptors (Lipinski definition) is 4. The van der Waals surface area contributed by atoms with Gasteiger partial charge in [0, 0.05) is 18.3 Å². The normalized spacial score (nSPS) is 23.5. The third-order valence-electron chi connectivity index (χ3n) is 3.24. The number of ether oxygens (including phenoxy) is 1. The summed E-state index contributed by atoms with van der Waals surface area (Å²) in [5, 5.41) is 12.2. The molecule has 0 bridgehead atoms. The smallest absolute Gasteiger partial charge is 0.246 e. The van der Waals surface area contributed by atoms with Gasteiger partial charge in [0.05, 0.1) is 13.2 Å². The molecule has 5 heteroatoms. The first-order valence-corrected chi connectivity index (χ1v) is 6.57. The second kappa shape index (κ2) is 6.04. The molecule has 104 valence electrons. The summed E-state index contributed by atoms with van der Waals surface area (Å²) < 4.78 is 5.39. The fourth-order valence-corrected chi connectivity index (χ4v) is 2.27. The quantitative estimate of drug-likeness (QED) is 0.843. The molecule has 2 atom stereocenters. The molecule has 2 unspecified atom stereocenters. The van der Waals surface area contributed by atoms with Crippen LogP contribution in [0, 0.1) is 0 Å². The summed E-state index contributed by atoms with van der Waals surface area (Å²) >= 11 is 0. The van der Waals surface area contributed by atoms with E-state index >= 15 is 0 Å². The van der Waals surface area contributed by atoms with Gasteiger partial charge in [0.25, 0.3) is 0 Å². The molecular weight excluding hydrogens is 244 g/mol. The Labute approximate surface area is 113 Å². The highest BCUT2D eigenvalue weighted by Gasteiger charge is 2.33. The molecule has 1 aliphatic heterocycles. The Balaban J connectivity index is 2.20. The van der Waals surface area contributed by atoms with Crippen LogP contribution in [0.2, 0.25) is 0 Å². The first-order chi connectivity index (χ1) is 9.17. The molecule has 0 spiro atoms. The summed E-state index contributed by atoms with van der Waals surface area (Å²) in [5.74, 6) is 0.700. The number of hydrogen-bond donors (Lipinski definition) is 2. The van der Waals surface area contributed by atoms with Crippen LogP contribution < -0.4 is 15.0 Å². The van der Waals surface area contributed by atoms with Crippen molar-refractivity contribution in [2.75, 3.05) is 24.7 Å². The minimum Gasteiger partial charge on any atom is -0.494 e. The summed E-state index contributed by atoms with van der Waals surface area (Å²) in [6.45, 7) is 5.02. The molecule has 1 aromatic carbocycles. The van der Waals surface area contributed by atoms with Crippen molar-refractivity contribution in [3.05, 3.63) is 24.3 Å². The van der Waals surface area contributed by atoms with Gasteiger partial charge in [-0.1, -0.05) is 0 Å². The highest BCUT2D eigenvalue weighted by Crippen LogP contribution is 2.23. The summed E-state index contributed by atoms with van der Waals surface area (Å²) in [4.78, 5) is 14.0. The third kappa shape index (κ3) is 2.88. The maximum Gasteiger partial charge on any atom is 0.246 e. The summed E-state index contributed by atoms with van der Waals surface area (Å²) in [7, 11) is 0. The van der Waals surface area contributed by atoms with Gasteiger partial charge in [0.15, 0.2) is 0 Å². The fraction of sp³-hybridized carbons (Fsp3) is 0.500. The number of amides is 1. The van der Waals surface area contributed by atoms with Crippen LogP contribution in [0.25, 0.3) is 0 Å². The molecule has 0 aromatic heterocycles. The standard InChI is InChI=1S/C14H20N2O3/c1-3-19-12-6-4-11(5-7-12)16-10(2)8-15-13(9-17)14(16)18/h4-7,10,13,15,17H,3,8-9H2,1-2H3. The average molecular weight is 264 g/mol. The van der Waals surface area contributed by atoms with Gasteiger partial charge in [-0.3, -0.25) is 4.79 Å². The number of nitrogens with zero attached hydrogens (tertiary/aromatic N) is 1. The number of carbonyl (C=O) groups excluding carboxylic acids is 1. The molecule has 0 radical (unpaired) electrons. The van der Waals surface area contributed by atoms with Crippen LogP contribution in [0.15, 0.2) is 24.3 Å². The van der Waals surface area contributed by atoms with Crippen molar-refractivity contribution >= 4 is 11.6 Å². The number of aliphatic hydroxyl groups is 1. The molecule has 1 fully saturated rings. The maximum absolute atomic E-state index is 12.3. The van der Waals surface area contributed by atoms with Gasteiger partial charge in [-0.15, -0.1) is 0 Å². The molecule has 0 aliphatic carbocycles. The van der Waals surface area contributed by atoms with E-state index in [0.717, 1.165) is 11.4 Å². The van der Waals surface area contributed by atoms with E-state index in [-0.39, 0.29) is 18.6 Å². The minimum absolute atomic E-state index is 0.0632. The number of anilines is 1. The number of piperazine rings is 1. The molecule has 1 amide bonds. The van der Waals surface area contributed by atoms with Crippen LogP contribution in [-0.4, -0.2) is 42.9 Å². The van der Waals surface area contributed by atoms with Crippen molar-refractivity contribution in [2.24, 2.45) is 0 Å². The SMILES string of the molecule is CCOc1ccc(N2C(=O)C(CO)NCC2C)cc1. The topological polar surface area (TPSA) is 61.8 Å². The van der Waals surface area contributed by atoms with Crippen LogP contribution in [0.3, 0.4) is 0 Å². The van der Waals surface area contributed by atoms with Crippen molar-refractivity contribution in [1.82, 2.24) is 5.32 Å². The Morgan fingerprint density at radius 3 is 2.68 bits per heavy atom. The second-order valence-corrected chi connectivity index (χ2v) is 4.63. The number of benzene rings is 1.